The maximum atomic E-state index is 9.94. The Morgan fingerprint density at radius 3 is 2.78 bits per heavy atom. The minimum absolute atomic E-state index is 0.331. The number of aromatic hydroxyl groups is 1. The summed E-state index contributed by atoms with van der Waals surface area (Å²) in [6.07, 6.45) is 2.22. The molecular weight excluding hydrogens is 226 g/mol. The Bertz CT molecular complexity index is 397. The van der Waals surface area contributed by atoms with Crippen molar-refractivity contribution < 1.29 is 9.84 Å². The van der Waals surface area contributed by atoms with E-state index in [2.05, 4.69) is 12.2 Å². The van der Waals surface area contributed by atoms with Crippen LogP contribution >= 0.6 is 0 Å². The predicted molar refractivity (Wildman–Crippen MR) is 72.7 cm³/mol. The highest BCUT2D eigenvalue weighted by molar-refractivity contribution is 5.39. The SMILES string of the molecule is Cc1cccc(CNCC2(C)CCOCC2)c1O. The zero-order valence-corrected chi connectivity index (χ0v) is 11.3. The molecule has 2 rings (SSSR count). The van der Waals surface area contributed by atoms with Crippen molar-refractivity contribution in [3.63, 3.8) is 0 Å². The zero-order valence-electron chi connectivity index (χ0n) is 11.3. The summed E-state index contributed by atoms with van der Waals surface area (Å²) in [5.41, 5.74) is 2.25. The molecule has 0 amide bonds. The minimum atomic E-state index is 0.331. The van der Waals surface area contributed by atoms with Crippen molar-refractivity contribution in [1.29, 1.82) is 0 Å². The Balaban J connectivity index is 1.86. The molecule has 0 bridgehead atoms. The lowest BCUT2D eigenvalue weighted by atomic mass is 9.82. The summed E-state index contributed by atoms with van der Waals surface area (Å²) in [6.45, 7) is 7.67. The van der Waals surface area contributed by atoms with Crippen molar-refractivity contribution in [2.24, 2.45) is 5.41 Å². The summed E-state index contributed by atoms with van der Waals surface area (Å²) in [4.78, 5) is 0. The van der Waals surface area contributed by atoms with Gasteiger partial charge >= 0.3 is 0 Å². The van der Waals surface area contributed by atoms with Crippen LogP contribution in [-0.2, 0) is 11.3 Å². The highest BCUT2D eigenvalue weighted by Gasteiger charge is 2.26. The molecule has 100 valence electrons. The summed E-state index contributed by atoms with van der Waals surface area (Å²) in [5, 5.41) is 13.4. The second-order valence-corrected chi connectivity index (χ2v) is 5.61. The first-order chi connectivity index (χ1) is 8.61. The lowest BCUT2D eigenvalue weighted by Gasteiger charge is -2.33. The summed E-state index contributed by atoms with van der Waals surface area (Å²) < 4.78 is 5.40. The average Bonchev–Trinajstić information content (AvgIpc) is 2.35. The van der Waals surface area contributed by atoms with Gasteiger partial charge in [0, 0.05) is 31.9 Å². The number of phenolic OH excluding ortho intramolecular Hbond substituents is 1. The highest BCUT2D eigenvalue weighted by Crippen LogP contribution is 2.29. The van der Waals surface area contributed by atoms with Gasteiger partial charge in [-0.25, -0.2) is 0 Å². The third kappa shape index (κ3) is 3.24. The molecule has 1 aliphatic heterocycles. The Kier molecular flexibility index (Phi) is 4.25. The number of nitrogens with one attached hydrogen (secondary N) is 1. The smallest absolute Gasteiger partial charge is 0.122 e. The molecule has 3 heteroatoms. The molecule has 1 aliphatic rings. The van der Waals surface area contributed by atoms with Crippen LogP contribution in [0.4, 0.5) is 0 Å². The Morgan fingerprint density at radius 2 is 2.06 bits per heavy atom. The number of aryl methyl sites for hydroxylation is 1. The molecule has 1 saturated heterocycles. The first-order valence-corrected chi connectivity index (χ1v) is 6.67. The third-order valence-electron chi connectivity index (χ3n) is 3.89. The van der Waals surface area contributed by atoms with Crippen LogP contribution in [0.25, 0.3) is 0 Å². The van der Waals surface area contributed by atoms with E-state index in [0.717, 1.165) is 50.3 Å². The van der Waals surface area contributed by atoms with E-state index in [-0.39, 0.29) is 0 Å². The minimum Gasteiger partial charge on any atom is -0.507 e. The number of rotatable bonds is 4. The fourth-order valence-corrected chi connectivity index (χ4v) is 2.40. The van der Waals surface area contributed by atoms with Crippen LogP contribution in [0.2, 0.25) is 0 Å². The molecule has 2 N–H and O–H groups in total. The van der Waals surface area contributed by atoms with Gasteiger partial charge in [0.25, 0.3) is 0 Å². The van der Waals surface area contributed by atoms with Crippen molar-refractivity contribution in [2.45, 2.75) is 33.2 Å². The molecule has 1 aromatic rings. The van der Waals surface area contributed by atoms with E-state index in [1.165, 1.54) is 0 Å². The first-order valence-electron chi connectivity index (χ1n) is 6.67. The second kappa shape index (κ2) is 5.72. The van der Waals surface area contributed by atoms with Crippen molar-refractivity contribution in [3.8, 4) is 5.75 Å². The van der Waals surface area contributed by atoms with E-state index >= 15 is 0 Å². The molecule has 0 atom stereocenters. The van der Waals surface area contributed by atoms with E-state index < -0.39 is 0 Å². The van der Waals surface area contributed by atoms with Gasteiger partial charge in [-0.3, -0.25) is 0 Å². The summed E-state index contributed by atoms with van der Waals surface area (Å²) >= 11 is 0. The monoisotopic (exact) mass is 249 g/mol. The topological polar surface area (TPSA) is 41.5 Å². The highest BCUT2D eigenvalue weighted by atomic mass is 16.5. The van der Waals surface area contributed by atoms with Crippen molar-refractivity contribution in [2.75, 3.05) is 19.8 Å². The molecule has 18 heavy (non-hydrogen) atoms. The predicted octanol–water partition coefficient (Wildman–Crippen LogP) is 2.61. The maximum absolute atomic E-state index is 9.94. The van der Waals surface area contributed by atoms with E-state index in [1.54, 1.807) is 0 Å². The molecule has 0 aromatic heterocycles. The van der Waals surface area contributed by atoms with Crippen molar-refractivity contribution in [3.05, 3.63) is 29.3 Å². The van der Waals surface area contributed by atoms with Gasteiger partial charge in [-0.1, -0.05) is 25.1 Å². The van der Waals surface area contributed by atoms with Gasteiger partial charge in [-0.05, 0) is 30.7 Å². The van der Waals surface area contributed by atoms with Crippen LogP contribution in [0.5, 0.6) is 5.75 Å². The largest absolute Gasteiger partial charge is 0.507 e. The number of phenols is 1. The molecule has 0 unspecified atom stereocenters. The van der Waals surface area contributed by atoms with Gasteiger partial charge in [0.05, 0.1) is 0 Å². The number of hydrogen-bond acceptors (Lipinski definition) is 3. The fourth-order valence-electron chi connectivity index (χ4n) is 2.40. The van der Waals surface area contributed by atoms with Gasteiger partial charge in [-0.15, -0.1) is 0 Å². The van der Waals surface area contributed by atoms with Gasteiger partial charge < -0.3 is 15.2 Å². The normalized spacial score (nSPS) is 18.8. The standard InChI is InChI=1S/C15H23NO2/c1-12-4-3-5-13(14(12)17)10-16-11-15(2)6-8-18-9-7-15/h3-5,16-17H,6-11H2,1-2H3. The van der Waals surface area contributed by atoms with E-state index in [0.29, 0.717) is 11.2 Å². The van der Waals surface area contributed by atoms with Crippen LogP contribution in [0.1, 0.15) is 30.9 Å². The third-order valence-corrected chi connectivity index (χ3v) is 3.89. The van der Waals surface area contributed by atoms with Gasteiger partial charge in [0.15, 0.2) is 0 Å². The molecule has 0 spiro atoms. The van der Waals surface area contributed by atoms with Crippen LogP contribution < -0.4 is 5.32 Å². The molecular formula is C15H23NO2. The van der Waals surface area contributed by atoms with Crippen LogP contribution in [0.15, 0.2) is 18.2 Å². The molecule has 0 saturated carbocycles. The first kappa shape index (κ1) is 13.4. The molecule has 1 heterocycles. The zero-order chi connectivity index (χ0) is 13.0. The molecule has 1 fully saturated rings. The second-order valence-electron chi connectivity index (χ2n) is 5.61. The van der Waals surface area contributed by atoms with Gasteiger partial charge in [-0.2, -0.15) is 0 Å². The average molecular weight is 249 g/mol. The summed E-state index contributed by atoms with van der Waals surface area (Å²) in [5.74, 6) is 0.419. The summed E-state index contributed by atoms with van der Waals surface area (Å²) in [6, 6.07) is 5.89. The van der Waals surface area contributed by atoms with Gasteiger partial charge in [0.2, 0.25) is 0 Å². The van der Waals surface area contributed by atoms with Crippen molar-refractivity contribution in [1.82, 2.24) is 5.32 Å². The molecule has 0 radical (unpaired) electrons. The molecule has 0 aliphatic carbocycles. The van der Waals surface area contributed by atoms with Crippen LogP contribution in [-0.4, -0.2) is 24.9 Å². The van der Waals surface area contributed by atoms with Crippen LogP contribution in [0, 0.1) is 12.3 Å². The van der Waals surface area contributed by atoms with E-state index in [4.69, 9.17) is 4.74 Å². The number of para-hydroxylation sites is 1. The lowest BCUT2D eigenvalue weighted by Crippen LogP contribution is -2.36. The number of ether oxygens (including phenoxy) is 1. The summed E-state index contributed by atoms with van der Waals surface area (Å²) in [7, 11) is 0. The Labute approximate surface area is 109 Å². The van der Waals surface area contributed by atoms with Crippen LogP contribution in [0.3, 0.4) is 0 Å². The molecule has 3 nitrogen and oxygen atoms in total. The Morgan fingerprint density at radius 1 is 1.33 bits per heavy atom. The lowest BCUT2D eigenvalue weighted by molar-refractivity contribution is 0.0240. The molecule has 1 aromatic carbocycles. The maximum Gasteiger partial charge on any atom is 0.122 e. The Hall–Kier alpha value is -1.06. The van der Waals surface area contributed by atoms with E-state index in [9.17, 15) is 5.11 Å². The van der Waals surface area contributed by atoms with E-state index in [1.807, 2.05) is 25.1 Å². The number of hydrogen-bond donors (Lipinski definition) is 2. The van der Waals surface area contributed by atoms with Crippen molar-refractivity contribution >= 4 is 0 Å². The quantitative estimate of drug-likeness (QED) is 0.862. The fraction of sp³-hybridized carbons (Fsp3) is 0.600. The number of benzene rings is 1. The van der Waals surface area contributed by atoms with Gasteiger partial charge in [0.1, 0.15) is 5.75 Å².